The molecule has 0 spiro atoms. The van der Waals surface area contributed by atoms with Crippen LogP contribution in [-0.4, -0.2) is 22.7 Å². The quantitative estimate of drug-likeness (QED) is 0.721. The third kappa shape index (κ3) is 2.26. The molecule has 1 unspecified atom stereocenters. The van der Waals surface area contributed by atoms with Crippen LogP contribution in [0.25, 0.3) is 0 Å². The minimum absolute atomic E-state index is 0.0177. The van der Waals surface area contributed by atoms with E-state index in [1.807, 2.05) is 27.7 Å². The van der Waals surface area contributed by atoms with Gasteiger partial charge in [-0.05, 0) is 12.8 Å². The third-order valence-corrected chi connectivity index (χ3v) is 2.97. The summed E-state index contributed by atoms with van der Waals surface area (Å²) in [4.78, 5) is 12.3. The van der Waals surface area contributed by atoms with Gasteiger partial charge in [-0.2, -0.15) is 5.10 Å². The molecule has 0 radical (unpaired) electrons. The number of Topliss-reactive ketones (excluding diaryl/α,β-unsaturated/α-hetero) is 1. The van der Waals surface area contributed by atoms with E-state index in [1.54, 1.807) is 18.0 Å². The maximum atomic E-state index is 12.3. The summed E-state index contributed by atoms with van der Waals surface area (Å²) in [6, 6.07) is 0. The Kier molecular flexibility index (Phi) is 4.10. The zero-order valence-corrected chi connectivity index (χ0v) is 10.7. The summed E-state index contributed by atoms with van der Waals surface area (Å²) in [7, 11) is 1.56. The Morgan fingerprint density at radius 3 is 2.56 bits per heavy atom. The van der Waals surface area contributed by atoms with E-state index in [2.05, 4.69) is 5.10 Å². The first-order valence-electron chi connectivity index (χ1n) is 5.66. The van der Waals surface area contributed by atoms with E-state index in [-0.39, 0.29) is 11.7 Å². The highest BCUT2D eigenvalue weighted by Crippen LogP contribution is 2.24. The van der Waals surface area contributed by atoms with Gasteiger partial charge in [0.2, 0.25) is 0 Å². The van der Waals surface area contributed by atoms with Crippen molar-refractivity contribution in [3.63, 3.8) is 0 Å². The number of aryl methyl sites for hydroxylation is 1. The molecule has 0 fully saturated rings. The van der Waals surface area contributed by atoms with Gasteiger partial charge in [-0.1, -0.05) is 20.8 Å². The fraction of sp³-hybridized carbons (Fsp3) is 0.667. The van der Waals surface area contributed by atoms with Crippen LogP contribution in [0.4, 0.5) is 0 Å². The molecule has 4 heteroatoms. The molecule has 1 heterocycles. The van der Waals surface area contributed by atoms with Gasteiger partial charge in [0, 0.05) is 12.5 Å². The number of ketones is 1. The molecule has 0 amide bonds. The van der Waals surface area contributed by atoms with E-state index in [0.29, 0.717) is 23.9 Å². The zero-order valence-electron chi connectivity index (χ0n) is 10.7. The molecule has 1 atom stereocenters. The largest absolute Gasteiger partial charge is 0.493 e. The number of carbonyl (C=O) groups excluding carboxylic acids is 1. The molecule has 1 rings (SSSR count). The second-order valence-corrected chi connectivity index (χ2v) is 4.27. The Morgan fingerprint density at radius 1 is 1.50 bits per heavy atom. The van der Waals surface area contributed by atoms with E-state index in [9.17, 15) is 4.79 Å². The van der Waals surface area contributed by atoms with Gasteiger partial charge in [0.25, 0.3) is 0 Å². The molecular formula is C12H20N2O2. The first-order valence-corrected chi connectivity index (χ1v) is 5.66. The van der Waals surface area contributed by atoms with E-state index in [4.69, 9.17) is 4.74 Å². The predicted octanol–water partition coefficient (Wildman–Crippen LogP) is 2.39. The molecule has 4 nitrogen and oxygen atoms in total. The van der Waals surface area contributed by atoms with Crippen LogP contribution < -0.4 is 4.74 Å². The second kappa shape index (κ2) is 5.14. The summed E-state index contributed by atoms with van der Waals surface area (Å²) < 4.78 is 6.87. The van der Waals surface area contributed by atoms with Crippen molar-refractivity contribution in [3.05, 3.63) is 11.9 Å². The number of aromatic nitrogens is 2. The summed E-state index contributed by atoms with van der Waals surface area (Å²) in [5.41, 5.74) is 0.589. The monoisotopic (exact) mass is 224 g/mol. The van der Waals surface area contributed by atoms with Crippen molar-refractivity contribution in [2.75, 3.05) is 7.11 Å². The molecule has 0 aliphatic carbocycles. The minimum atomic E-state index is -0.0177. The van der Waals surface area contributed by atoms with Crippen molar-refractivity contribution in [2.24, 2.45) is 11.8 Å². The van der Waals surface area contributed by atoms with Crippen molar-refractivity contribution in [3.8, 4) is 5.75 Å². The van der Waals surface area contributed by atoms with Crippen LogP contribution >= 0.6 is 0 Å². The Morgan fingerprint density at radius 2 is 2.12 bits per heavy atom. The van der Waals surface area contributed by atoms with Crippen LogP contribution in [0.15, 0.2) is 6.20 Å². The minimum Gasteiger partial charge on any atom is -0.493 e. The fourth-order valence-corrected chi connectivity index (χ4v) is 1.52. The third-order valence-electron chi connectivity index (χ3n) is 2.97. The Balaban J connectivity index is 3.10. The van der Waals surface area contributed by atoms with Gasteiger partial charge in [0.1, 0.15) is 5.69 Å². The smallest absolute Gasteiger partial charge is 0.187 e. The summed E-state index contributed by atoms with van der Waals surface area (Å²) in [6.07, 6.45) is 1.60. The summed E-state index contributed by atoms with van der Waals surface area (Å²) in [5, 5.41) is 4.14. The van der Waals surface area contributed by atoms with Crippen molar-refractivity contribution in [2.45, 2.75) is 34.2 Å². The second-order valence-electron chi connectivity index (χ2n) is 4.27. The average Bonchev–Trinajstić information content (AvgIpc) is 2.69. The standard InChI is InChI=1S/C12H20N2O2/c1-6-14-11(10(16-5)7-13-14)12(15)9(4)8(2)3/h7-9H,6H2,1-5H3. The molecule has 90 valence electrons. The van der Waals surface area contributed by atoms with Gasteiger partial charge in [0.05, 0.1) is 13.3 Å². The Bertz CT molecular complexity index is 348. The van der Waals surface area contributed by atoms with Crippen molar-refractivity contribution in [1.82, 2.24) is 9.78 Å². The fourth-order valence-electron chi connectivity index (χ4n) is 1.52. The molecular weight excluding hydrogens is 204 g/mol. The topological polar surface area (TPSA) is 44.1 Å². The number of ether oxygens (including phenoxy) is 1. The lowest BCUT2D eigenvalue weighted by atomic mass is 9.92. The molecule has 0 aliphatic rings. The van der Waals surface area contributed by atoms with E-state index >= 15 is 0 Å². The van der Waals surface area contributed by atoms with Crippen LogP contribution in [0, 0.1) is 11.8 Å². The number of hydrogen-bond acceptors (Lipinski definition) is 3. The zero-order chi connectivity index (χ0) is 12.3. The van der Waals surface area contributed by atoms with E-state index in [0.717, 1.165) is 0 Å². The van der Waals surface area contributed by atoms with Gasteiger partial charge in [-0.25, -0.2) is 0 Å². The summed E-state index contributed by atoms with van der Waals surface area (Å²) in [6.45, 7) is 8.67. The van der Waals surface area contributed by atoms with Crippen molar-refractivity contribution in [1.29, 1.82) is 0 Å². The normalized spacial score (nSPS) is 12.9. The summed E-state index contributed by atoms with van der Waals surface area (Å²) >= 11 is 0. The first kappa shape index (κ1) is 12.7. The van der Waals surface area contributed by atoms with E-state index in [1.165, 1.54) is 0 Å². The van der Waals surface area contributed by atoms with Gasteiger partial charge in [0.15, 0.2) is 11.5 Å². The molecule has 0 N–H and O–H groups in total. The molecule has 0 aromatic carbocycles. The predicted molar refractivity (Wildman–Crippen MR) is 62.8 cm³/mol. The SMILES string of the molecule is CCn1ncc(OC)c1C(=O)C(C)C(C)C. The highest BCUT2D eigenvalue weighted by molar-refractivity contribution is 5.98. The first-order chi connectivity index (χ1) is 7.52. The number of carbonyl (C=O) groups is 1. The average molecular weight is 224 g/mol. The molecule has 1 aromatic rings. The van der Waals surface area contributed by atoms with Crippen molar-refractivity contribution < 1.29 is 9.53 Å². The molecule has 0 saturated heterocycles. The number of hydrogen-bond donors (Lipinski definition) is 0. The Hall–Kier alpha value is -1.32. The molecule has 0 saturated carbocycles. The van der Waals surface area contributed by atoms with Gasteiger partial charge in [-0.3, -0.25) is 9.48 Å². The lowest BCUT2D eigenvalue weighted by molar-refractivity contribution is 0.0885. The highest BCUT2D eigenvalue weighted by atomic mass is 16.5. The van der Waals surface area contributed by atoms with Crippen LogP contribution in [0.3, 0.4) is 0 Å². The number of nitrogens with zero attached hydrogens (tertiary/aromatic N) is 2. The van der Waals surface area contributed by atoms with Gasteiger partial charge < -0.3 is 4.74 Å². The van der Waals surface area contributed by atoms with Crippen LogP contribution in [0.1, 0.15) is 38.2 Å². The molecule has 0 bridgehead atoms. The maximum absolute atomic E-state index is 12.3. The maximum Gasteiger partial charge on any atom is 0.187 e. The van der Waals surface area contributed by atoms with Gasteiger partial charge in [-0.15, -0.1) is 0 Å². The molecule has 0 aliphatic heterocycles. The lowest BCUT2D eigenvalue weighted by Crippen LogP contribution is -2.21. The van der Waals surface area contributed by atoms with Crippen LogP contribution in [0.5, 0.6) is 5.75 Å². The van der Waals surface area contributed by atoms with Crippen molar-refractivity contribution >= 4 is 5.78 Å². The lowest BCUT2D eigenvalue weighted by Gasteiger charge is -2.15. The van der Waals surface area contributed by atoms with E-state index < -0.39 is 0 Å². The number of rotatable bonds is 5. The van der Waals surface area contributed by atoms with Crippen LogP contribution in [-0.2, 0) is 6.54 Å². The van der Waals surface area contributed by atoms with Crippen LogP contribution in [0.2, 0.25) is 0 Å². The Labute approximate surface area is 96.6 Å². The molecule has 16 heavy (non-hydrogen) atoms. The van der Waals surface area contributed by atoms with Gasteiger partial charge >= 0.3 is 0 Å². The highest BCUT2D eigenvalue weighted by Gasteiger charge is 2.25. The summed E-state index contributed by atoms with van der Waals surface area (Å²) in [5.74, 6) is 0.971. The number of methoxy groups -OCH3 is 1. The molecule has 1 aromatic heterocycles.